The summed E-state index contributed by atoms with van der Waals surface area (Å²) in [4.78, 5) is 0. The van der Waals surface area contributed by atoms with Crippen LogP contribution in [0, 0.1) is 6.92 Å². The molecule has 0 fully saturated rings. The van der Waals surface area contributed by atoms with E-state index in [1.165, 1.54) is 0 Å². The zero-order chi connectivity index (χ0) is 14.0. The van der Waals surface area contributed by atoms with E-state index >= 15 is 0 Å². The Morgan fingerprint density at radius 3 is 2.68 bits per heavy atom. The topological polar surface area (TPSA) is 17.8 Å². The smallest absolute Gasteiger partial charge is 0.0738 e. The first-order valence-corrected chi connectivity index (χ1v) is 7.73. The van der Waals surface area contributed by atoms with Crippen LogP contribution in [0.15, 0.2) is 28.7 Å². The van der Waals surface area contributed by atoms with Gasteiger partial charge >= 0.3 is 0 Å². The highest BCUT2D eigenvalue weighted by Crippen LogP contribution is 2.29. The highest BCUT2D eigenvalue weighted by Gasteiger charge is 2.18. The van der Waals surface area contributed by atoms with Crippen LogP contribution < -0.4 is 0 Å². The van der Waals surface area contributed by atoms with Gasteiger partial charge < -0.3 is 0 Å². The molecule has 0 radical (unpaired) electrons. The van der Waals surface area contributed by atoms with Crippen molar-refractivity contribution in [1.29, 1.82) is 0 Å². The molecule has 1 aromatic carbocycles. The lowest BCUT2D eigenvalue weighted by Gasteiger charge is -2.15. The second-order valence-electron chi connectivity index (χ2n) is 4.58. The van der Waals surface area contributed by atoms with E-state index in [2.05, 4.69) is 27.1 Å². The number of halogens is 3. The number of aryl methyl sites for hydroxylation is 2. The molecule has 0 aliphatic heterocycles. The van der Waals surface area contributed by atoms with Gasteiger partial charge in [-0.15, -0.1) is 11.6 Å². The van der Waals surface area contributed by atoms with Crippen LogP contribution in [-0.2, 0) is 13.5 Å². The lowest BCUT2D eigenvalue weighted by Crippen LogP contribution is -2.09. The largest absolute Gasteiger partial charge is 0.271 e. The van der Waals surface area contributed by atoms with E-state index in [-0.39, 0.29) is 5.92 Å². The van der Waals surface area contributed by atoms with Crippen LogP contribution in [0.1, 0.15) is 22.9 Å². The van der Waals surface area contributed by atoms with Gasteiger partial charge in [-0.25, -0.2) is 0 Å². The van der Waals surface area contributed by atoms with Crippen molar-refractivity contribution >= 4 is 39.1 Å². The van der Waals surface area contributed by atoms with Crippen LogP contribution in [0.2, 0.25) is 5.02 Å². The molecule has 0 saturated carbocycles. The minimum absolute atomic E-state index is 0.228. The molecule has 102 valence electrons. The van der Waals surface area contributed by atoms with Crippen molar-refractivity contribution in [3.05, 3.63) is 50.7 Å². The second-order valence-corrected chi connectivity index (χ2v) is 6.12. The van der Waals surface area contributed by atoms with Crippen molar-refractivity contribution in [1.82, 2.24) is 9.78 Å². The third-order valence-electron chi connectivity index (χ3n) is 3.21. The fourth-order valence-corrected chi connectivity index (χ4v) is 3.14. The van der Waals surface area contributed by atoms with E-state index in [1.807, 2.05) is 36.9 Å². The summed E-state index contributed by atoms with van der Waals surface area (Å²) in [5.74, 6) is 0.781. The maximum absolute atomic E-state index is 6.13. The quantitative estimate of drug-likeness (QED) is 0.721. The Balaban J connectivity index is 2.29. The van der Waals surface area contributed by atoms with E-state index in [4.69, 9.17) is 23.2 Å². The summed E-state index contributed by atoms with van der Waals surface area (Å²) < 4.78 is 2.97. The van der Waals surface area contributed by atoms with Gasteiger partial charge in [0, 0.05) is 23.9 Å². The first kappa shape index (κ1) is 14.9. The normalized spacial score (nSPS) is 12.7. The number of rotatable bonds is 4. The summed E-state index contributed by atoms with van der Waals surface area (Å²) in [6, 6.07) is 7.88. The van der Waals surface area contributed by atoms with Gasteiger partial charge in [-0.3, -0.25) is 4.68 Å². The molecule has 0 spiro atoms. The number of benzene rings is 1. The maximum atomic E-state index is 6.13. The Labute approximate surface area is 131 Å². The Bertz CT molecular complexity index is 581. The Hall–Kier alpha value is -0.510. The second kappa shape index (κ2) is 6.29. The van der Waals surface area contributed by atoms with Crippen molar-refractivity contribution in [2.75, 3.05) is 5.88 Å². The lowest BCUT2D eigenvalue weighted by atomic mass is 9.96. The molecule has 1 heterocycles. The van der Waals surface area contributed by atoms with Gasteiger partial charge in [-0.2, -0.15) is 5.10 Å². The van der Waals surface area contributed by atoms with Crippen molar-refractivity contribution in [3.63, 3.8) is 0 Å². The molecule has 19 heavy (non-hydrogen) atoms. The molecule has 0 saturated heterocycles. The van der Waals surface area contributed by atoms with Crippen molar-refractivity contribution in [3.8, 4) is 0 Å². The molecule has 1 unspecified atom stereocenters. The number of hydrogen-bond acceptors (Lipinski definition) is 1. The summed E-state index contributed by atoms with van der Waals surface area (Å²) >= 11 is 15.8. The zero-order valence-corrected chi connectivity index (χ0v) is 13.9. The van der Waals surface area contributed by atoms with Crippen LogP contribution in [0.25, 0.3) is 0 Å². The molecule has 1 aromatic heterocycles. The van der Waals surface area contributed by atoms with Gasteiger partial charge in [0.15, 0.2) is 0 Å². The van der Waals surface area contributed by atoms with Crippen LogP contribution in [0.4, 0.5) is 0 Å². The molecule has 2 nitrogen and oxygen atoms in total. The van der Waals surface area contributed by atoms with Crippen LogP contribution in [0.3, 0.4) is 0 Å². The molecule has 5 heteroatoms. The number of alkyl halides is 1. The molecule has 0 aliphatic rings. The first-order valence-electron chi connectivity index (χ1n) is 6.02. The minimum Gasteiger partial charge on any atom is -0.271 e. The van der Waals surface area contributed by atoms with Crippen molar-refractivity contribution in [2.24, 2.45) is 7.05 Å². The SMILES string of the molecule is Cc1nn(C)c(CC(CCl)c2cccc(Cl)c2)c1Br. The van der Waals surface area contributed by atoms with Gasteiger partial charge in [0.05, 0.1) is 15.9 Å². The summed E-state index contributed by atoms with van der Waals surface area (Å²) in [5, 5.41) is 5.15. The number of hydrogen-bond donors (Lipinski definition) is 0. The number of nitrogens with zero attached hydrogens (tertiary/aromatic N) is 2. The van der Waals surface area contributed by atoms with Crippen LogP contribution in [-0.4, -0.2) is 15.7 Å². The van der Waals surface area contributed by atoms with E-state index in [1.54, 1.807) is 0 Å². The molecule has 2 rings (SSSR count). The van der Waals surface area contributed by atoms with Gasteiger partial charge in [-0.1, -0.05) is 23.7 Å². The maximum Gasteiger partial charge on any atom is 0.0738 e. The van der Waals surface area contributed by atoms with Crippen LogP contribution >= 0.6 is 39.1 Å². The Morgan fingerprint density at radius 2 is 2.16 bits per heavy atom. The first-order chi connectivity index (χ1) is 9.02. The summed E-state index contributed by atoms with van der Waals surface area (Å²) in [6.45, 7) is 1.99. The van der Waals surface area contributed by atoms with E-state index < -0.39 is 0 Å². The van der Waals surface area contributed by atoms with Crippen LogP contribution in [0.5, 0.6) is 0 Å². The van der Waals surface area contributed by atoms with E-state index in [0.29, 0.717) is 5.88 Å². The summed E-state index contributed by atoms with van der Waals surface area (Å²) in [5.41, 5.74) is 3.31. The molecule has 0 bridgehead atoms. The molecule has 1 atom stereocenters. The van der Waals surface area contributed by atoms with Gasteiger partial charge in [0.25, 0.3) is 0 Å². The average molecular weight is 362 g/mol. The summed E-state index contributed by atoms with van der Waals surface area (Å²) in [6.07, 6.45) is 0.835. The molecule has 0 N–H and O–H groups in total. The zero-order valence-electron chi connectivity index (χ0n) is 10.8. The van der Waals surface area contributed by atoms with Gasteiger partial charge in [-0.05, 0) is 47.0 Å². The predicted octanol–water partition coefficient (Wildman–Crippen LogP) is 4.71. The third kappa shape index (κ3) is 3.33. The highest BCUT2D eigenvalue weighted by atomic mass is 79.9. The fraction of sp³-hybridized carbons (Fsp3) is 0.357. The van der Waals surface area contributed by atoms with Gasteiger partial charge in [0.2, 0.25) is 0 Å². The van der Waals surface area contributed by atoms with Crippen molar-refractivity contribution < 1.29 is 0 Å². The monoisotopic (exact) mass is 360 g/mol. The molecule has 0 aliphatic carbocycles. The molecule has 0 amide bonds. The predicted molar refractivity (Wildman–Crippen MR) is 84.3 cm³/mol. The average Bonchev–Trinajstić information content (AvgIpc) is 2.61. The molecule has 2 aromatic rings. The van der Waals surface area contributed by atoms with Crippen molar-refractivity contribution in [2.45, 2.75) is 19.3 Å². The van der Waals surface area contributed by atoms with E-state index in [9.17, 15) is 0 Å². The van der Waals surface area contributed by atoms with Gasteiger partial charge in [0.1, 0.15) is 0 Å². The molecular weight excluding hydrogens is 347 g/mol. The minimum atomic E-state index is 0.228. The highest BCUT2D eigenvalue weighted by molar-refractivity contribution is 9.10. The standard InChI is InChI=1S/C14H15BrCl2N2/c1-9-14(15)13(19(2)18-9)7-11(8-16)10-4-3-5-12(17)6-10/h3-6,11H,7-8H2,1-2H3. The molecular formula is C14H15BrCl2N2. The Kier molecular flexibility index (Phi) is 4.93. The third-order valence-corrected chi connectivity index (χ3v) is 4.85. The fourth-order valence-electron chi connectivity index (χ4n) is 2.16. The Morgan fingerprint density at radius 1 is 1.42 bits per heavy atom. The van der Waals surface area contributed by atoms with E-state index in [0.717, 1.165) is 32.9 Å². The summed E-state index contributed by atoms with van der Waals surface area (Å²) in [7, 11) is 1.95. The number of aromatic nitrogens is 2. The lowest BCUT2D eigenvalue weighted by molar-refractivity contribution is 0.656.